The molecule has 122 valence electrons. The van der Waals surface area contributed by atoms with E-state index in [1.54, 1.807) is 0 Å². The number of allylic oxidation sites excluding steroid dienone is 1. The van der Waals surface area contributed by atoms with Gasteiger partial charge in [0.25, 0.3) is 0 Å². The van der Waals surface area contributed by atoms with Crippen molar-refractivity contribution in [3.63, 3.8) is 0 Å². The Labute approximate surface area is 142 Å². The third kappa shape index (κ3) is 2.64. The van der Waals surface area contributed by atoms with Crippen molar-refractivity contribution in [3.8, 4) is 0 Å². The van der Waals surface area contributed by atoms with Crippen molar-refractivity contribution in [1.82, 2.24) is 5.06 Å². The molecule has 2 aromatic rings. The van der Waals surface area contributed by atoms with Gasteiger partial charge in [0.1, 0.15) is 6.10 Å². The Morgan fingerprint density at radius 2 is 1.62 bits per heavy atom. The summed E-state index contributed by atoms with van der Waals surface area (Å²) in [5.74, 6) is 1.90. The summed E-state index contributed by atoms with van der Waals surface area (Å²) in [6.07, 6.45) is 5.40. The van der Waals surface area contributed by atoms with E-state index >= 15 is 0 Å². The number of fused-ring (bicyclic) bond motifs is 2. The minimum Gasteiger partial charge on any atom is -0.309 e. The molecule has 0 amide bonds. The molecule has 1 fully saturated rings. The molecule has 2 aromatic carbocycles. The Kier molecular flexibility index (Phi) is 3.91. The van der Waals surface area contributed by atoms with Gasteiger partial charge in [0.05, 0.1) is 6.04 Å². The summed E-state index contributed by atoms with van der Waals surface area (Å²) in [5, 5.41) is 3.59. The highest BCUT2D eigenvalue weighted by atomic mass is 31.2. The summed E-state index contributed by atoms with van der Waals surface area (Å²) >= 11 is 0. The maximum atomic E-state index is 14.0. The standard InChI is InChI=1S/C20H20NO2P/c1-16(21-17-12-13-18(14-17)23-21)15-24(22,19-8-4-2-5-9-19)20-10-6-3-7-11-20/h2-13,15,17-18H,14H2,1H3/b16-15+/t17-,18+/m1/s1. The molecule has 0 spiro atoms. The molecule has 2 bridgehead atoms. The van der Waals surface area contributed by atoms with E-state index in [1.165, 1.54) is 0 Å². The highest BCUT2D eigenvalue weighted by Gasteiger charge is 2.36. The van der Waals surface area contributed by atoms with E-state index in [2.05, 4.69) is 12.2 Å². The predicted octanol–water partition coefficient (Wildman–Crippen LogP) is 3.81. The molecular weight excluding hydrogens is 317 g/mol. The zero-order valence-electron chi connectivity index (χ0n) is 13.6. The van der Waals surface area contributed by atoms with Crippen LogP contribution in [0.4, 0.5) is 0 Å². The van der Waals surface area contributed by atoms with Crippen molar-refractivity contribution in [2.24, 2.45) is 0 Å². The number of rotatable bonds is 4. The van der Waals surface area contributed by atoms with Crippen LogP contribution in [0.15, 0.2) is 84.3 Å². The molecule has 24 heavy (non-hydrogen) atoms. The molecule has 1 heterocycles. The molecule has 2 aliphatic rings. The summed E-state index contributed by atoms with van der Waals surface area (Å²) < 4.78 is 14.0. The molecule has 1 aliphatic carbocycles. The van der Waals surface area contributed by atoms with Gasteiger partial charge in [-0.1, -0.05) is 72.8 Å². The summed E-state index contributed by atoms with van der Waals surface area (Å²) in [7, 11) is -2.86. The fraction of sp³-hybridized carbons (Fsp3) is 0.200. The van der Waals surface area contributed by atoms with Crippen LogP contribution in [0.3, 0.4) is 0 Å². The Balaban J connectivity index is 1.78. The van der Waals surface area contributed by atoms with Gasteiger partial charge < -0.3 is 4.57 Å². The molecule has 0 aromatic heterocycles. The van der Waals surface area contributed by atoms with Crippen molar-refractivity contribution in [2.75, 3.05) is 0 Å². The quantitative estimate of drug-likeness (QED) is 0.628. The lowest BCUT2D eigenvalue weighted by molar-refractivity contribution is -0.121. The van der Waals surface area contributed by atoms with Crippen LogP contribution in [-0.2, 0) is 9.40 Å². The van der Waals surface area contributed by atoms with Crippen LogP contribution in [0.1, 0.15) is 13.3 Å². The fourth-order valence-corrected chi connectivity index (χ4v) is 5.85. The Morgan fingerprint density at radius 1 is 1.04 bits per heavy atom. The zero-order chi connectivity index (χ0) is 16.6. The smallest absolute Gasteiger partial charge is 0.165 e. The topological polar surface area (TPSA) is 29.5 Å². The lowest BCUT2D eigenvalue weighted by Crippen LogP contribution is -2.27. The first-order chi connectivity index (χ1) is 11.7. The summed E-state index contributed by atoms with van der Waals surface area (Å²) in [4.78, 5) is 5.90. The van der Waals surface area contributed by atoms with E-state index in [0.717, 1.165) is 22.7 Å². The number of hydroxylamine groups is 2. The first-order valence-corrected chi connectivity index (χ1v) is 9.99. The minimum atomic E-state index is -2.86. The first kappa shape index (κ1) is 15.4. The van der Waals surface area contributed by atoms with Gasteiger partial charge in [-0.3, -0.25) is 9.90 Å². The third-order valence-corrected chi connectivity index (χ3v) is 7.44. The third-order valence-electron chi connectivity index (χ3n) is 4.57. The second kappa shape index (κ2) is 6.08. The maximum Gasteiger partial charge on any atom is 0.165 e. The van der Waals surface area contributed by atoms with Gasteiger partial charge in [-0.2, -0.15) is 0 Å². The monoisotopic (exact) mass is 337 g/mol. The highest BCUT2D eigenvalue weighted by molar-refractivity contribution is 7.81. The van der Waals surface area contributed by atoms with Crippen molar-refractivity contribution in [2.45, 2.75) is 25.5 Å². The number of hydrogen-bond donors (Lipinski definition) is 0. The molecule has 0 unspecified atom stereocenters. The molecular formula is C20H20NO2P. The van der Waals surface area contributed by atoms with Crippen LogP contribution in [0.2, 0.25) is 0 Å². The Bertz CT molecular complexity index is 786. The van der Waals surface area contributed by atoms with Crippen LogP contribution >= 0.6 is 7.14 Å². The molecule has 4 rings (SSSR count). The lowest BCUT2D eigenvalue weighted by atomic mass is 10.2. The zero-order valence-corrected chi connectivity index (χ0v) is 14.5. The second-order valence-corrected chi connectivity index (χ2v) is 8.86. The van der Waals surface area contributed by atoms with Gasteiger partial charge in [0.2, 0.25) is 0 Å². The number of nitrogens with zero attached hydrogens (tertiary/aromatic N) is 1. The average molecular weight is 337 g/mol. The number of benzene rings is 2. The van der Waals surface area contributed by atoms with Gasteiger partial charge in [-0.05, 0) is 6.92 Å². The summed E-state index contributed by atoms with van der Waals surface area (Å²) in [5.41, 5.74) is 0.905. The van der Waals surface area contributed by atoms with E-state index in [1.807, 2.05) is 78.5 Å². The van der Waals surface area contributed by atoms with Gasteiger partial charge in [0.15, 0.2) is 7.14 Å². The van der Waals surface area contributed by atoms with Crippen molar-refractivity contribution >= 4 is 17.8 Å². The predicted molar refractivity (Wildman–Crippen MR) is 97.8 cm³/mol. The van der Waals surface area contributed by atoms with Gasteiger partial charge in [0, 0.05) is 28.5 Å². The van der Waals surface area contributed by atoms with Gasteiger partial charge in [-0.25, -0.2) is 0 Å². The Morgan fingerprint density at radius 3 is 2.08 bits per heavy atom. The van der Waals surface area contributed by atoms with Gasteiger partial charge in [-0.15, -0.1) is 0 Å². The molecule has 0 saturated carbocycles. The van der Waals surface area contributed by atoms with Crippen molar-refractivity contribution in [1.29, 1.82) is 0 Å². The summed E-state index contributed by atoms with van der Waals surface area (Å²) in [6, 6.07) is 19.6. The van der Waals surface area contributed by atoms with Crippen LogP contribution in [0.25, 0.3) is 0 Å². The molecule has 1 saturated heterocycles. The van der Waals surface area contributed by atoms with Crippen molar-refractivity contribution < 1.29 is 9.40 Å². The van der Waals surface area contributed by atoms with Gasteiger partial charge >= 0.3 is 0 Å². The van der Waals surface area contributed by atoms with E-state index < -0.39 is 7.14 Å². The molecule has 0 radical (unpaired) electrons. The minimum absolute atomic E-state index is 0.159. The lowest BCUT2D eigenvalue weighted by Gasteiger charge is -2.27. The SMILES string of the molecule is C/C(=C\P(=O)(c1ccccc1)c1ccccc1)N1O[C@H]2C=C[C@@H]1C2. The van der Waals surface area contributed by atoms with E-state index in [0.29, 0.717) is 0 Å². The van der Waals surface area contributed by atoms with E-state index in [9.17, 15) is 4.57 Å². The highest BCUT2D eigenvalue weighted by Crippen LogP contribution is 2.47. The first-order valence-electron chi connectivity index (χ1n) is 8.21. The molecule has 4 heteroatoms. The second-order valence-electron chi connectivity index (χ2n) is 6.26. The van der Waals surface area contributed by atoms with E-state index in [4.69, 9.17) is 4.84 Å². The molecule has 0 N–H and O–H groups in total. The maximum absolute atomic E-state index is 14.0. The number of hydrogen-bond acceptors (Lipinski definition) is 3. The normalized spacial score (nSPS) is 23.0. The van der Waals surface area contributed by atoms with Crippen LogP contribution < -0.4 is 10.6 Å². The average Bonchev–Trinajstić information content (AvgIpc) is 3.26. The summed E-state index contributed by atoms with van der Waals surface area (Å²) in [6.45, 7) is 1.98. The van der Waals surface area contributed by atoms with Crippen LogP contribution in [-0.4, -0.2) is 17.2 Å². The fourth-order valence-electron chi connectivity index (χ4n) is 3.39. The van der Waals surface area contributed by atoms with Crippen LogP contribution in [0.5, 0.6) is 0 Å². The molecule has 3 nitrogen and oxygen atoms in total. The van der Waals surface area contributed by atoms with Crippen molar-refractivity contribution in [3.05, 3.63) is 84.3 Å². The van der Waals surface area contributed by atoms with E-state index in [-0.39, 0.29) is 12.1 Å². The molecule has 1 aliphatic heterocycles. The molecule has 2 atom stereocenters. The Hall–Kier alpha value is -2.09. The van der Waals surface area contributed by atoms with Crippen LogP contribution in [0, 0.1) is 0 Å². The largest absolute Gasteiger partial charge is 0.309 e.